The van der Waals surface area contributed by atoms with Gasteiger partial charge < -0.3 is 14.8 Å². The fourth-order valence-electron chi connectivity index (χ4n) is 3.15. The second-order valence-electron chi connectivity index (χ2n) is 6.40. The molecule has 0 fully saturated rings. The molecule has 3 heterocycles. The van der Waals surface area contributed by atoms with Crippen LogP contribution in [-0.4, -0.2) is 34.0 Å². The highest BCUT2D eigenvalue weighted by Crippen LogP contribution is 2.34. The van der Waals surface area contributed by atoms with Gasteiger partial charge in [-0.05, 0) is 18.4 Å². The predicted octanol–water partition coefficient (Wildman–Crippen LogP) is 3.57. The Kier molecular flexibility index (Phi) is 4.95. The van der Waals surface area contributed by atoms with Gasteiger partial charge in [-0.25, -0.2) is 4.98 Å². The van der Waals surface area contributed by atoms with Crippen molar-refractivity contribution in [2.45, 2.75) is 25.0 Å². The summed E-state index contributed by atoms with van der Waals surface area (Å²) in [6.45, 7) is 2.49. The highest BCUT2D eigenvalue weighted by Gasteiger charge is 2.19. The molecule has 0 spiro atoms. The van der Waals surface area contributed by atoms with E-state index in [1.807, 2.05) is 41.3 Å². The fraction of sp³-hybridized carbons (Fsp3) is 0.250. The number of benzene rings is 1. The molecule has 0 unspecified atom stereocenters. The number of nitrogens with zero attached hydrogens (tertiary/aromatic N) is 3. The Labute approximate surface area is 167 Å². The molecule has 7 nitrogen and oxygen atoms in total. The molecule has 28 heavy (non-hydrogen) atoms. The zero-order chi connectivity index (χ0) is 19.7. The molecule has 0 aliphatic carbocycles. The largest absolute Gasteiger partial charge is 0.487 e. The number of rotatable bonds is 4. The minimum Gasteiger partial charge on any atom is -0.487 e. The van der Waals surface area contributed by atoms with Crippen LogP contribution in [0.15, 0.2) is 41.4 Å². The number of fused-ring (bicyclic) bond motifs is 2. The molecule has 1 aliphatic heterocycles. The number of hydrogen-bond acceptors (Lipinski definition) is 6. The summed E-state index contributed by atoms with van der Waals surface area (Å²) in [5.74, 6) is 1.24. The van der Waals surface area contributed by atoms with Gasteiger partial charge in [0.05, 0.1) is 25.0 Å². The van der Waals surface area contributed by atoms with E-state index in [0.717, 1.165) is 38.8 Å². The van der Waals surface area contributed by atoms with Crippen molar-refractivity contribution in [1.29, 1.82) is 0 Å². The minimum absolute atomic E-state index is 0.108. The number of hydrogen-bond donors (Lipinski definition) is 1. The van der Waals surface area contributed by atoms with E-state index in [4.69, 9.17) is 14.6 Å². The van der Waals surface area contributed by atoms with E-state index >= 15 is 0 Å². The number of thioether (sulfide) groups is 1. The Morgan fingerprint density at radius 3 is 2.93 bits per heavy atom. The van der Waals surface area contributed by atoms with Gasteiger partial charge in [-0.2, -0.15) is 5.10 Å². The maximum Gasteiger partial charge on any atom is 0.221 e. The average Bonchev–Trinajstić information content (AvgIpc) is 3.01. The molecule has 0 atom stereocenters. The van der Waals surface area contributed by atoms with Crippen LogP contribution in [0.1, 0.15) is 18.2 Å². The van der Waals surface area contributed by atoms with Crippen LogP contribution in [0.3, 0.4) is 0 Å². The van der Waals surface area contributed by atoms with Crippen molar-refractivity contribution in [2.24, 2.45) is 0 Å². The predicted molar refractivity (Wildman–Crippen MR) is 108 cm³/mol. The number of aromatic nitrogens is 3. The Morgan fingerprint density at radius 1 is 1.32 bits per heavy atom. The normalized spacial score (nSPS) is 12.4. The summed E-state index contributed by atoms with van der Waals surface area (Å²) in [5, 5.41) is 7.57. The molecule has 8 heteroatoms. The molecule has 0 saturated heterocycles. The summed E-state index contributed by atoms with van der Waals surface area (Å²) in [6.07, 6.45) is 3.81. The van der Waals surface area contributed by atoms with Crippen molar-refractivity contribution >= 4 is 23.4 Å². The maximum absolute atomic E-state index is 11.3. The zero-order valence-corrected chi connectivity index (χ0v) is 16.7. The van der Waals surface area contributed by atoms with Gasteiger partial charge in [-0.3, -0.25) is 9.48 Å². The minimum atomic E-state index is -0.108. The number of methoxy groups -OCH3 is 1. The highest BCUT2D eigenvalue weighted by atomic mass is 32.2. The third-order valence-electron chi connectivity index (χ3n) is 4.49. The van der Waals surface area contributed by atoms with Crippen LogP contribution in [0, 0.1) is 0 Å². The summed E-state index contributed by atoms with van der Waals surface area (Å²) in [6, 6.07) is 9.63. The lowest BCUT2D eigenvalue weighted by Gasteiger charge is -2.10. The number of anilines is 1. The number of amides is 1. The van der Waals surface area contributed by atoms with E-state index in [9.17, 15) is 4.79 Å². The fourth-order valence-corrected chi connectivity index (χ4v) is 3.74. The molecular formula is C20H20N4O3S. The van der Waals surface area contributed by atoms with Crippen LogP contribution >= 0.6 is 11.8 Å². The number of carbonyl (C=O) groups is 1. The van der Waals surface area contributed by atoms with E-state index in [1.54, 1.807) is 25.1 Å². The number of carbonyl (C=O) groups excluding carboxylic acids is 1. The Morgan fingerprint density at radius 2 is 2.18 bits per heavy atom. The molecule has 3 aromatic rings. The maximum atomic E-state index is 11.3. The second-order valence-corrected chi connectivity index (χ2v) is 7.25. The number of ether oxygens (including phenoxy) is 2. The first-order valence-corrected chi connectivity index (χ1v) is 9.98. The van der Waals surface area contributed by atoms with Crippen LogP contribution < -0.4 is 14.8 Å². The van der Waals surface area contributed by atoms with Gasteiger partial charge >= 0.3 is 0 Å². The molecule has 0 bridgehead atoms. The third-order valence-corrected chi connectivity index (χ3v) is 5.27. The SMILES string of the molecule is COc1cc(SC)c(-c2cc3n(n2)Cc2ccc(NC(C)=O)cc2OC3)cn1. The lowest BCUT2D eigenvalue weighted by molar-refractivity contribution is -0.114. The Bertz CT molecular complexity index is 1050. The van der Waals surface area contributed by atoms with Gasteiger partial charge in [0, 0.05) is 47.0 Å². The van der Waals surface area contributed by atoms with Crippen LogP contribution in [0.4, 0.5) is 5.69 Å². The number of nitrogens with one attached hydrogen (secondary N) is 1. The van der Waals surface area contributed by atoms with E-state index in [2.05, 4.69) is 10.3 Å². The van der Waals surface area contributed by atoms with E-state index in [0.29, 0.717) is 19.0 Å². The van der Waals surface area contributed by atoms with Gasteiger partial charge in [0.2, 0.25) is 11.8 Å². The third kappa shape index (κ3) is 3.55. The van der Waals surface area contributed by atoms with Crippen molar-refractivity contribution in [1.82, 2.24) is 14.8 Å². The first kappa shape index (κ1) is 18.4. The van der Waals surface area contributed by atoms with Crippen LogP contribution in [0.2, 0.25) is 0 Å². The summed E-state index contributed by atoms with van der Waals surface area (Å²) >= 11 is 1.63. The molecule has 1 aliphatic rings. The van der Waals surface area contributed by atoms with Gasteiger partial charge in [-0.15, -0.1) is 11.8 Å². The monoisotopic (exact) mass is 396 g/mol. The van der Waals surface area contributed by atoms with Crippen molar-refractivity contribution in [2.75, 3.05) is 18.7 Å². The van der Waals surface area contributed by atoms with Crippen LogP contribution in [0.25, 0.3) is 11.3 Å². The Hall–Kier alpha value is -3.00. The smallest absolute Gasteiger partial charge is 0.221 e. The van der Waals surface area contributed by atoms with Crippen molar-refractivity contribution in [3.8, 4) is 22.9 Å². The van der Waals surface area contributed by atoms with E-state index in [-0.39, 0.29) is 5.91 Å². The van der Waals surface area contributed by atoms with E-state index < -0.39 is 0 Å². The quantitative estimate of drug-likeness (QED) is 0.679. The zero-order valence-electron chi connectivity index (χ0n) is 15.9. The molecule has 1 amide bonds. The number of pyridine rings is 1. The Balaban J connectivity index is 1.65. The van der Waals surface area contributed by atoms with Crippen molar-refractivity contribution in [3.63, 3.8) is 0 Å². The lowest BCUT2D eigenvalue weighted by Crippen LogP contribution is -2.06. The lowest BCUT2D eigenvalue weighted by atomic mass is 10.2. The molecule has 1 N–H and O–H groups in total. The molecule has 0 saturated carbocycles. The molecule has 2 aromatic heterocycles. The highest BCUT2D eigenvalue weighted by molar-refractivity contribution is 7.98. The van der Waals surface area contributed by atoms with Crippen LogP contribution in [-0.2, 0) is 17.9 Å². The van der Waals surface area contributed by atoms with Gasteiger partial charge in [0.25, 0.3) is 0 Å². The van der Waals surface area contributed by atoms with Crippen molar-refractivity contribution < 1.29 is 14.3 Å². The topological polar surface area (TPSA) is 78.3 Å². The van der Waals surface area contributed by atoms with Gasteiger partial charge in [0.1, 0.15) is 12.4 Å². The molecular weight excluding hydrogens is 376 g/mol. The summed E-state index contributed by atoms with van der Waals surface area (Å²) in [7, 11) is 1.61. The molecule has 0 radical (unpaired) electrons. The summed E-state index contributed by atoms with van der Waals surface area (Å²) in [4.78, 5) is 16.7. The van der Waals surface area contributed by atoms with Gasteiger partial charge in [-0.1, -0.05) is 6.07 Å². The van der Waals surface area contributed by atoms with Crippen molar-refractivity contribution in [3.05, 3.63) is 47.8 Å². The molecule has 4 rings (SSSR count). The molecule has 144 valence electrons. The summed E-state index contributed by atoms with van der Waals surface area (Å²) < 4.78 is 13.2. The summed E-state index contributed by atoms with van der Waals surface area (Å²) in [5.41, 5.74) is 4.54. The molecule has 1 aromatic carbocycles. The first-order chi connectivity index (χ1) is 13.6. The van der Waals surface area contributed by atoms with E-state index in [1.165, 1.54) is 6.92 Å². The first-order valence-electron chi connectivity index (χ1n) is 8.76. The average molecular weight is 396 g/mol. The van der Waals surface area contributed by atoms with Crippen LogP contribution in [0.5, 0.6) is 11.6 Å². The standard InChI is InChI=1S/C20H20N4O3S/c1-12(25)22-14-5-4-13-10-24-15(11-27-18(13)6-14)7-17(23-24)16-9-21-20(26-2)8-19(16)28-3/h4-9H,10-11H2,1-3H3,(H,22,25). The van der Waals surface area contributed by atoms with Gasteiger partial charge in [0.15, 0.2) is 0 Å². The second kappa shape index (κ2) is 7.55.